The molecule has 0 bridgehead atoms. The summed E-state index contributed by atoms with van der Waals surface area (Å²) in [4.78, 5) is 0. The van der Waals surface area contributed by atoms with E-state index in [-0.39, 0.29) is 22.6 Å². The fourth-order valence-corrected chi connectivity index (χ4v) is 9.06. The van der Waals surface area contributed by atoms with Crippen molar-refractivity contribution >= 4 is 23.2 Å². The van der Waals surface area contributed by atoms with Crippen LogP contribution in [0.25, 0.3) is 0 Å². The molecule has 0 amide bonds. The second-order valence-electron chi connectivity index (χ2n) is 6.80. The van der Waals surface area contributed by atoms with Gasteiger partial charge in [-0.15, -0.1) is 10.2 Å². The molecule has 0 saturated carbocycles. The van der Waals surface area contributed by atoms with Crippen LogP contribution < -0.4 is 32.9 Å². The van der Waals surface area contributed by atoms with Crippen LogP contribution in [0.5, 0.6) is 0 Å². The number of rotatable bonds is 7. The van der Waals surface area contributed by atoms with Crippen LogP contribution in [-0.2, 0) is 0 Å². The summed E-state index contributed by atoms with van der Waals surface area (Å²) in [5, 5.41) is 19.5. The maximum absolute atomic E-state index is 4.46. The zero-order valence-corrected chi connectivity index (χ0v) is 18.8. The van der Waals surface area contributed by atoms with Crippen LogP contribution in [0.4, 0.5) is 0 Å². The number of halogens is 1. The van der Waals surface area contributed by atoms with Gasteiger partial charge >= 0.3 is 0 Å². The third-order valence-corrected chi connectivity index (χ3v) is 9.94. The molecule has 29 heavy (non-hydrogen) atoms. The molecule has 1 atom stereocenters. The Balaban J connectivity index is 0.00000240. The minimum absolute atomic E-state index is 0. The van der Waals surface area contributed by atoms with Gasteiger partial charge < -0.3 is 17.0 Å². The van der Waals surface area contributed by atoms with Gasteiger partial charge in [-0.05, 0) is 42.8 Å². The summed E-state index contributed by atoms with van der Waals surface area (Å²) in [6.45, 7) is 2.22. The second-order valence-corrected chi connectivity index (χ2v) is 10.4. The van der Waals surface area contributed by atoms with Gasteiger partial charge in [0, 0.05) is 0 Å². The zero-order chi connectivity index (χ0) is 19.2. The molecule has 1 unspecified atom stereocenters. The van der Waals surface area contributed by atoms with E-state index in [1.165, 1.54) is 15.9 Å². The quantitative estimate of drug-likeness (QED) is 0.414. The maximum atomic E-state index is 4.46. The standard InChI is InChI=1S/C23H24N4P.BrH/c1-2-12-22(23-24-26-27-25-23)28(19-13-6-3-7-14-19,20-15-8-4-9-16-20)21-17-10-5-11-18-21;/h3-11,13-18,22H,2,12H2,1H3,(H,24,25,26,27);1H/q+1;/p-1. The number of nitrogens with zero attached hydrogens (tertiary/aromatic N) is 3. The van der Waals surface area contributed by atoms with Gasteiger partial charge in [0.15, 0.2) is 0 Å². The van der Waals surface area contributed by atoms with Crippen LogP contribution >= 0.6 is 7.26 Å². The Morgan fingerprint density at radius 2 is 1.21 bits per heavy atom. The van der Waals surface area contributed by atoms with Crippen molar-refractivity contribution in [3.63, 3.8) is 0 Å². The lowest BCUT2D eigenvalue weighted by Gasteiger charge is -2.33. The Labute approximate surface area is 182 Å². The number of benzene rings is 3. The molecule has 0 radical (unpaired) electrons. The topological polar surface area (TPSA) is 54.5 Å². The Morgan fingerprint density at radius 3 is 1.55 bits per heavy atom. The fraction of sp³-hybridized carbons (Fsp3) is 0.174. The van der Waals surface area contributed by atoms with E-state index in [4.69, 9.17) is 0 Å². The summed E-state index contributed by atoms with van der Waals surface area (Å²) in [5.41, 5.74) is 0.156. The Morgan fingerprint density at radius 1 is 0.759 bits per heavy atom. The predicted octanol–water partition coefficient (Wildman–Crippen LogP) is 1.04. The number of hydrogen-bond acceptors (Lipinski definition) is 3. The summed E-state index contributed by atoms with van der Waals surface area (Å²) in [6, 6.07) is 32.6. The lowest BCUT2D eigenvalue weighted by Crippen LogP contribution is -3.00. The largest absolute Gasteiger partial charge is 1.00 e. The predicted molar refractivity (Wildman–Crippen MR) is 117 cm³/mol. The van der Waals surface area contributed by atoms with Crippen LogP contribution in [0.3, 0.4) is 0 Å². The first-order valence-corrected chi connectivity index (χ1v) is 11.5. The summed E-state index contributed by atoms with van der Waals surface area (Å²) in [7, 11) is -2.05. The molecule has 0 aliphatic heterocycles. The monoisotopic (exact) mass is 466 g/mol. The van der Waals surface area contributed by atoms with E-state index in [0.29, 0.717) is 0 Å². The number of tetrazole rings is 1. The SMILES string of the molecule is CCCC(c1nn[nH]n1)[P+](c1ccccc1)(c1ccccc1)c1ccccc1.[Br-]. The van der Waals surface area contributed by atoms with Crippen molar-refractivity contribution in [1.82, 2.24) is 20.6 Å². The molecular weight excluding hydrogens is 443 g/mol. The number of nitrogens with one attached hydrogen (secondary N) is 1. The zero-order valence-electron chi connectivity index (χ0n) is 16.3. The highest BCUT2D eigenvalue weighted by molar-refractivity contribution is 7.96. The Bertz CT molecular complexity index is 883. The van der Waals surface area contributed by atoms with Crippen molar-refractivity contribution in [2.24, 2.45) is 0 Å². The first-order chi connectivity index (χ1) is 13.9. The highest BCUT2D eigenvalue weighted by Crippen LogP contribution is 2.67. The number of hydrogen-bond donors (Lipinski definition) is 1. The second kappa shape index (κ2) is 9.91. The first kappa shape index (κ1) is 21.4. The molecular formula is C23H24BrN4P. The number of aromatic nitrogens is 4. The van der Waals surface area contributed by atoms with Crippen molar-refractivity contribution in [2.75, 3.05) is 0 Å². The van der Waals surface area contributed by atoms with Gasteiger partial charge in [0.1, 0.15) is 28.8 Å². The van der Waals surface area contributed by atoms with Gasteiger partial charge in [-0.25, -0.2) is 0 Å². The lowest BCUT2D eigenvalue weighted by atomic mass is 10.2. The molecule has 1 aromatic heterocycles. The van der Waals surface area contributed by atoms with E-state index in [0.717, 1.165) is 18.7 Å². The molecule has 4 nitrogen and oxygen atoms in total. The summed E-state index contributed by atoms with van der Waals surface area (Å²) in [5.74, 6) is 0.798. The van der Waals surface area contributed by atoms with Gasteiger partial charge in [-0.1, -0.05) is 73.2 Å². The Kier molecular flexibility index (Phi) is 7.29. The minimum atomic E-state index is -2.05. The molecule has 4 rings (SSSR count). The molecule has 3 aromatic carbocycles. The van der Waals surface area contributed by atoms with Crippen molar-refractivity contribution in [3.05, 3.63) is 96.8 Å². The summed E-state index contributed by atoms with van der Waals surface area (Å²) >= 11 is 0. The van der Waals surface area contributed by atoms with Crippen LogP contribution in [0.2, 0.25) is 0 Å². The summed E-state index contributed by atoms with van der Waals surface area (Å²) < 4.78 is 0. The molecule has 6 heteroatoms. The van der Waals surface area contributed by atoms with E-state index in [9.17, 15) is 0 Å². The van der Waals surface area contributed by atoms with Crippen LogP contribution in [-0.4, -0.2) is 20.6 Å². The van der Waals surface area contributed by atoms with Crippen molar-refractivity contribution < 1.29 is 17.0 Å². The minimum Gasteiger partial charge on any atom is -1.00 e. The molecule has 1 N–H and O–H groups in total. The van der Waals surface area contributed by atoms with Gasteiger partial charge in [0.25, 0.3) is 0 Å². The smallest absolute Gasteiger partial charge is 0.215 e. The van der Waals surface area contributed by atoms with E-state index in [1.54, 1.807) is 0 Å². The number of aromatic amines is 1. The van der Waals surface area contributed by atoms with E-state index in [2.05, 4.69) is 119 Å². The Hall–Kier alpha value is -2.36. The van der Waals surface area contributed by atoms with Crippen molar-refractivity contribution in [3.8, 4) is 0 Å². The normalized spacial score (nSPS) is 12.2. The lowest BCUT2D eigenvalue weighted by molar-refractivity contribution is -0.00000575. The van der Waals surface area contributed by atoms with Crippen LogP contribution in [0.1, 0.15) is 31.2 Å². The molecule has 4 aromatic rings. The molecule has 1 heterocycles. The molecule has 148 valence electrons. The third kappa shape index (κ3) is 4.03. The van der Waals surface area contributed by atoms with Crippen LogP contribution in [0, 0.1) is 0 Å². The van der Waals surface area contributed by atoms with Gasteiger partial charge in [-0.3, -0.25) is 0 Å². The third-order valence-electron chi connectivity index (χ3n) is 5.18. The summed E-state index contributed by atoms with van der Waals surface area (Å²) in [6.07, 6.45) is 2.04. The van der Waals surface area contributed by atoms with Crippen molar-refractivity contribution in [2.45, 2.75) is 25.4 Å². The number of H-pyrrole nitrogens is 1. The first-order valence-electron chi connectivity index (χ1n) is 9.66. The van der Waals surface area contributed by atoms with Crippen LogP contribution in [0.15, 0.2) is 91.0 Å². The molecule has 0 saturated heterocycles. The molecule has 0 aliphatic carbocycles. The highest BCUT2D eigenvalue weighted by Gasteiger charge is 2.54. The maximum Gasteiger partial charge on any atom is 0.215 e. The average Bonchev–Trinajstić information content (AvgIpc) is 3.30. The molecule has 0 aliphatic rings. The highest BCUT2D eigenvalue weighted by atomic mass is 79.9. The van der Waals surface area contributed by atoms with Gasteiger partial charge in [0.2, 0.25) is 5.82 Å². The molecule has 0 spiro atoms. The van der Waals surface area contributed by atoms with Gasteiger partial charge in [0.05, 0.1) is 0 Å². The average molecular weight is 467 g/mol. The van der Waals surface area contributed by atoms with E-state index < -0.39 is 7.26 Å². The fourth-order valence-electron chi connectivity index (χ4n) is 4.06. The van der Waals surface area contributed by atoms with Gasteiger partial charge in [-0.2, -0.15) is 5.21 Å². The molecule has 0 fully saturated rings. The van der Waals surface area contributed by atoms with E-state index >= 15 is 0 Å². The van der Waals surface area contributed by atoms with Crippen molar-refractivity contribution in [1.29, 1.82) is 0 Å². The van der Waals surface area contributed by atoms with E-state index in [1.807, 2.05) is 0 Å².